The van der Waals surface area contributed by atoms with E-state index in [4.69, 9.17) is 0 Å². The number of hydrogen-bond donors (Lipinski definition) is 1. The van der Waals surface area contributed by atoms with Crippen molar-refractivity contribution < 1.29 is 0 Å². The van der Waals surface area contributed by atoms with E-state index in [1.165, 1.54) is 70.9 Å². The molecule has 0 bridgehead atoms. The molecule has 0 aromatic rings. The molecule has 0 N–H and O–H groups in total. The number of hydrogen-bond acceptors (Lipinski definition) is 2. The van der Waals surface area contributed by atoms with E-state index >= 15 is 0 Å². The van der Waals surface area contributed by atoms with E-state index in [-0.39, 0.29) is 0 Å². The first-order chi connectivity index (χ1) is 8.65. The quantitative estimate of drug-likeness (QED) is 0.539. The lowest BCUT2D eigenvalue weighted by atomic mass is 9.56. The molecule has 0 radical (unpaired) electrons. The molecule has 1 heterocycles. The van der Waals surface area contributed by atoms with Crippen LogP contribution in [0.15, 0.2) is 0 Å². The smallest absolute Gasteiger partial charge is 0.0499 e. The normalized spacial score (nSPS) is 26.2. The first-order valence-electron chi connectivity index (χ1n) is 8.07. The Morgan fingerprint density at radius 1 is 1.17 bits per heavy atom. The van der Waals surface area contributed by atoms with Crippen molar-refractivity contribution in [3.8, 4) is 0 Å². The number of nitrogens with zero attached hydrogens (tertiary/aromatic N) is 1. The van der Waals surface area contributed by atoms with E-state index < -0.39 is 0 Å². The summed E-state index contributed by atoms with van der Waals surface area (Å²) in [5, 5.41) is 0.451. The minimum Gasteiger partial charge on any atom is -0.292 e. The highest BCUT2D eigenvalue weighted by atomic mass is 32.1. The number of likely N-dealkylation sites (tertiary alicyclic amines) is 1. The summed E-state index contributed by atoms with van der Waals surface area (Å²) in [5.41, 5.74) is 0.759. The zero-order valence-corrected chi connectivity index (χ0v) is 13.2. The van der Waals surface area contributed by atoms with Crippen LogP contribution in [0.2, 0.25) is 0 Å². The molecule has 0 aromatic carbocycles. The lowest BCUT2D eigenvalue weighted by molar-refractivity contribution is -0.0181. The third-order valence-electron chi connectivity index (χ3n) is 5.30. The molecule has 1 saturated carbocycles. The summed E-state index contributed by atoms with van der Waals surface area (Å²) in [7, 11) is 0. The van der Waals surface area contributed by atoms with Crippen LogP contribution in [-0.4, -0.2) is 23.4 Å². The van der Waals surface area contributed by atoms with Gasteiger partial charge >= 0.3 is 0 Å². The Balaban J connectivity index is 1.60. The van der Waals surface area contributed by atoms with Crippen LogP contribution < -0.4 is 0 Å². The second-order valence-electron chi connectivity index (χ2n) is 6.79. The molecular formula is C16H31NS. The fraction of sp³-hybridized carbons (Fsp3) is 1.00. The van der Waals surface area contributed by atoms with Crippen LogP contribution in [0.25, 0.3) is 0 Å². The largest absolute Gasteiger partial charge is 0.292 e. The van der Waals surface area contributed by atoms with E-state index in [0.717, 1.165) is 11.3 Å². The van der Waals surface area contributed by atoms with Gasteiger partial charge in [0.1, 0.15) is 0 Å². The average molecular weight is 269 g/mol. The van der Waals surface area contributed by atoms with Gasteiger partial charge in [0.15, 0.2) is 0 Å². The van der Waals surface area contributed by atoms with Crippen molar-refractivity contribution in [3.63, 3.8) is 0 Å². The summed E-state index contributed by atoms with van der Waals surface area (Å²) < 4.78 is 0. The van der Waals surface area contributed by atoms with Crippen LogP contribution in [0.1, 0.15) is 71.6 Å². The van der Waals surface area contributed by atoms with Gasteiger partial charge < -0.3 is 0 Å². The Labute approximate surface area is 119 Å². The van der Waals surface area contributed by atoms with Gasteiger partial charge in [-0.2, -0.15) is 12.6 Å². The third kappa shape index (κ3) is 3.66. The molecule has 1 atom stereocenters. The fourth-order valence-corrected chi connectivity index (χ4v) is 4.24. The van der Waals surface area contributed by atoms with Crippen molar-refractivity contribution in [2.75, 3.05) is 13.1 Å². The summed E-state index contributed by atoms with van der Waals surface area (Å²) in [6, 6.07) is 0. The van der Waals surface area contributed by atoms with Gasteiger partial charge in [-0.05, 0) is 57.0 Å². The van der Waals surface area contributed by atoms with Gasteiger partial charge in [0, 0.05) is 5.37 Å². The van der Waals surface area contributed by atoms with Crippen LogP contribution in [0, 0.1) is 11.3 Å². The van der Waals surface area contributed by atoms with Gasteiger partial charge in [0.25, 0.3) is 0 Å². The van der Waals surface area contributed by atoms with Crippen LogP contribution in [0.4, 0.5) is 0 Å². The maximum Gasteiger partial charge on any atom is 0.0499 e. The van der Waals surface area contributed by atoms with Gasteiger partial charge in [-0.25, -0.2) is 0 Å². The number of rotatable bonds is 6. The summed E-state index contributed by atoms with van der Waals surface area (Å²) in [5.74, 6) is 1.07. The van der Waals surface area contributed by atoms with Gasteiger partial charge in [-0.3, -0.25) is 4.90 Å². The summed E-state index contributed by atoms with van der Waals surface area (Å²) in [4.78, 5) is 2.53. The number of thiol groups is 1. The Bertz CT molecular complexity index is 235. The lowest BCUT2D eigenvalue weighted by Crippen LogP contribution is -2.48. The molecule has 1 aliphatic carbocycles. The molecule has 2 fully saturated rings. The predicted molar refractivity (Wildman–Crippen MR) is 83.2 cm³/mol. The third-order valence-corrected chi connectivity index (χ3v) is 5.62. The van der Waals surface area contributed by atoms with Crippen molar-refractivity contribution in [2.24, 2.45) is 11.3 Å². The van der Waals surface area contributed by atoms with E-state index in [1.54, 1.807) is 0 Å². The molecule has 1 aliphatic heterocycles. The molecular weight excluding hydrogens is 238 g/mol. The Kier molecular flexibility index (Phi) is 5.44. The van der Waals surface area contributed by atoms with E-state index in [9.17, 15) is 0 Å². The average Bonchev–Trinajstić information content (AvgIpc) is 2.33. The summed E-state index contributed by atoms with van der Waals surface area (Å²) in [6.45, 7) is 7.08. The van der Waals surface area contributed by atoms with E-state index in [0.29, 0.717) is 5.37 Å². The second kappa shape index (κ2) is 6.65. The highest BCUT2D eigenvalue weighted by molar-refractivity contribution is 7.80. The number of piperidine rings is 1. The van der Waals surface area contributed by atoms with Crippen LogP contribution in [0.5, 0.6) is 0 Å². The Morgan fingerprint density at radius 2 is 1.83 bits per heavy atom. The first kappa shape index (κ1) is 14.7. The minimum atomic E-state index is 0.451. The molecule has 2 heteroatoms. The zero-order valence-electron chi connectivity index (χ0n) is 12.3. The van der Waals surface area contributed by atoms with Crippen molar-refractivity contribution >= 4 is 12.6 Å². The molecule has 2 rings (SSSR count). The standard InChI is InChI=1S/C16H31NS/c1-3-4-5-6-7-15-12-16(13-15)8-10-17(11-9-16)14(2)18/h14-15,18H,3-13H2,1-2H3. The van der Waals surface area contributed by atoms with Crippen molar-refractivity contribution in [1.29, 1.82) is 0 Å². The van der Waals surface area contributed by atoms with Crippen molar-refractivity contribution in [1.82, 2.24) is 4.90 Å². The second-order valence-corrected chi connectivity index (χ2v) is 7.54. The van der Waals surface area contributed by atoms with Crippen LogP contribution in [-0.2, 0) is 0 Å². The molecule has 106 valence electrons. The van der Waals surface area contributed by atoms with Crippen LogP contribution >= 0.6 is 12.6 Å². The highest BCUT2D eigenvalue weighted by Crippen LogP contribution is 2.54. The summed E-state index contributed by atoms with van der Waals surface area (Å²) >= 11 is 4.55. The van der Waals surface area contributed by atoms with Crippen molar-refractivity contribution in [3.05, 3.63) is 0 Å². The van der Waals surface area contributed by atoms with Gasteiger partial charge in [0.2, 0.25) is 0 Å². The molecule has 2 aliphatic rings. The maximum absolute atomic E-state index is 4.55. The molecule has 0 amide bonds. The summed E-state index contributed by atoms with van der Waals surface area (Å²) in [6.07, 6.45) is 13.2. The number of unbranched alkanes of at least 4 members (excludes halogenated alkanes) is 3. The molecule has 1 unspecified atom stereocenters. The molecule has 1 spiro atoms. The van der Waals surface area contributed by atoms with Gasteiger partial charge in [0.05, 0.1) is 0 Å². The fourth-order valence-electron chi connectivity index (χ4n) is 4.01. The molecule has 1 nitrogen and oxygen atoms in total. The van der Waals surface area contributed by atoms with Gasteiger partial charge in [-0.15, -0.1) is 0 Å². The Morgan fingerprint density at radius 3 is 2.39 bits per heavy atom. The minimum absolute atomic E-state index is 0.451. The van der Waals surface area contributed by atoms with Crippen LogP contribution in [0.3, 0.4) is 0 Å². The molecule has 18 heavy (non-hydrogen) atoms. The monoisotopic (exact) mass is 269 g/mol. The topological polar surface area (TPSA) is 3.24 Å². The van der Waals surface area contributed by atoms with Crippen molar-refractivity contribution in [2.45, 2.75) is 77.0 Å². The highest BCUT2D eigenvalue weighted by Gasteiger charge is 2.45. The predicted octanol–water partition coefficient (Wildman–Crippen LogP) is 4.72. The van der Waals surface area contributed by atoms with E-state index in [2.05, 4.69) is 31.4 Å². The SMILES string of the molecule is CCCCCCC1CC2(CCN(C(C)S)CC2)C1. The maximum atomic E-state index is 4.55. The lowest BCUT2D eigenvalue weighted by Gasteiger charge is -2.53. The zero-order chi connectivity index (χ0) is 13.0. The van der Waals surface area contributed by atoms with E-state index in [1.807, 2.05) is 0 Å². The molecule has 0 aromatic heterocycles. The van der Waals surface area contributed by atoms with Gasteiger partial charge in [-0.1, -0.05) is 39.0 Å². The molecule has 1 saturated heterocycles. The first-order valence-corrected chi connectivity index (χ1v) is 8.59. The Hall–Kier alpha value is 0.310.